The summed E-state index contributed by atoms with van der Waals surface area (Å²) in [6.07, 6.45) is 9.32. The van der Waals surface area contributed by atoms with Crippen LogP contribution in [0, 0.1) is 5.41 Å². The van der Waals surface area contributed by atoms with Gasteiger partial charge in [-0.2, -0.15) is 0 Å². The Balaban J connectivity index is 1.73. The van der Waals surface area contributed by atoms with E-state index in [0.717, 1.165) is 51.9 Å². The number of aromatic nitrogens is 2. The van der Waals surface area contributed by atoms with Crippen molar-refractivity contribution in [3.8, 4) is 0 Å². The van der Waals surface area contributed by atoms with E-state index in [1.807, 2.05) is 17.1 Å². The van der Waals surface area contributed by atoms with E-state index >= 15 is 0 Å². The van der Waals surface area contributed by atoms with Crippen LogP contribution in [-0.4, -0.2) is 35.1 Å². The maximum Gasteiger partial charge on any atom is 0.226 e. The molecule has 0 saturated carbocycles. The van der Waals surface area contributed by atoms with Crippen LogP contribution in [0.15, 0.2) is 18.7 Å². The second-order valence-corrected chi connectivity index (χ2v) is 5.29. The van der Waals surface area contributed by atoms with Gasteiger partial charge < -0.3 is 15.2 Å². The van der Waals surface area contributed by atoms with E-state index in [4.69, 9.17) is 0 Å². The molecule has 5 heteroatoms. The highest BCUT2D eigenvalue weighted by molar-refractivity contribution is 5.82. The summed E-state index contributed by atoms with van der Waals surface area (Å²) in [7, 11) is 0. The molecule has 0 aliphatic carbocycles. The number of hydrogen-bond donors (Lipinski definition) is 2. The lowest BCUT2D eigenvalue weighted by Gasteiger charge is -2.35. The third kappa shape index (κ3) is 3.56. The zero-order valence-corrected chi connectivity index (χ0v) is 11.7. The Labute approximate surface area is 114 Å². The maximum absolute atomic E-state index is 12.4. The minimum Gasteiger partial charge on any atom is -0.356 e. The zero-order chi connectivity index (χ0) is 13.6. The van der Waals surface area contributed by atoms with Gasteiger partial charge in [-0.05, 0) is 38.8 Å². The van der Waals surface area contributed by atoms with Crippen LogP contribution in [0.1, 0.15) is 32.6 Å². The first-order valence-electron chi connectivity index (χ1n) is 7.21. The monoisotopic (exact) mass is 264 g/mol. The van der Waals surface area contributed by atoms with Crippen LogP contribution >= 0.6 is 0 Å². The fourth-order valence-electron chi connectivity index (χ4n) is 2.72. The van der Waals surface area contributed by atoms with Crippen LogP contribution in [0.3, 0.4) is 0 Å². The Morgan fingerprint density at radius 1 is 1.47 bits per heavy atom. The molecular formula is C14H24N4O. The average Bonchev–Trinajstić information content (AvgIpc) is 2.97. The lowest BCUT2D eigenvalue weighted by molar-refractivity contribution is -0.132. The highest BCUT2D eigenvalue weighted by Crippen LogP contribution is 2.32. The van der Waals surface area contributed by atoms with Gasteiger partial charge in [0.1, 0.15) is 0 Å². The molecule has 0 bridgehead atoms. The fraction of sp³-hybridized carbons (Fsp3) is 0.714. The molecular weight excluding hydrogens is 240 g/mol. The van der Waals surface area contributed by atoms with Crippen molar-refractivity contribution in [1.82, 2.24) is 20.2 Å². The number of amides is 1. The number of carbonyl (C=O) groups excluding carboxylic acids is 1. The first-order chi connectivity index (χ1) is 9.27. The molecule has 0 radical (unpaired) electrons. The third-order valence-corrected chi connectivity index (χ3v) is 4.16. The Morgan fingerprint density at radius 2 is 2.26 bits per heavy atom. The largest absolute Gasteiger partial charge is 0.356 e. The second kappa shape index (κ2) is 6.70. The van der Waals surface area contributed by atoms with Gasteiger partial charge in [-0.3, -0.25) is 4.79 Å². The summed E-state index contributed by atoms with van der Waals surface area (Å²) in [4.78, 5) is 16.4. The van der Waals surface area contributed by atoms with Crippen molar-refractivity contribution in [3.63, 3.8) is 0 Å². The molecule has 1 aliphatic rings. The lowest BCUT2D eigenvalue weighted by Crippen LogP contribution is -2.47. The normalized spacial score (nSPS) is 18.2. The molecule has 5 nitrogen and oxygen atoms in total. The predicted molar refractivity (Wildman–Crippen MR) is 74.7 cm³/mol. The van der Waals surface area contributed by atoms with Crippen molar-refractivity contribution in [1.29, 1.82) is 0 Å². The maximum atomic E-state index is 12.4. The number of rotatable bonds is 6. The van der Waals surface area contributed by atoms with Crippen LogP contribution < -0.4 is 10.6 Å². The van der Waals surface area contributed by atoms with Crippen molar-refractivity contribution in [2.75, 3.05) is 19.6 Å². The second-order valence-electron chi connectivity index (χ2n) is 5.29. The van der Waals surface area contributed by atoms with E-state index < -0.39 is 0 Å². The van der Waals surface area contributed by atoms with E-state index in [-0.39, 0.29) is 11.3 Å². The van der Waals surface area contributed by atoms with E-state index in [2.05, 4.69) is 22.5 Å². The van der Waals surface area contributed by atoms with Crippen molar-refractivity contribution in [3.05, 3.63) is 18.7 Å². The molecule has 2 N–H and O–H groups in total. The molecule has 2 rings (SSSR count). The highest BCUT2D eigenvalue weighted by Gasteiger charge is 2.37. The highest BCUT2D eigenvalue weighted by atomic mass is 16.2. The number of imidazole rings is 1. The molecule has 0 atom stereocenters. The van der Waals surface area contributed by atoms with Crippen molar-refractivity contribution >= 4 is 5.91 Å². The molecule has 1 aliphatic heterocycles. The Bertz CT molecular complexity index is 382. The van der Waals surface area contributed by atoms with Gasteiger partial charge >= 0.3 is 0 Å². The summed E-state index contributed by atoms with van der Waals surface area (Å²) in [5.41, 5.74) is -0.139. The van der Waals surface area contributed by atoms with Crippen LogP contribution in [0.2, 0.25) is 0 Å². The number of nitrogens with zero attached hydrogens (tertiary/aromatic N) is 2. The standard InChI is InChI=1S/C14H24N4O/c1-2-14(4-7-15-8-5-14)13(19)17-6-3-10-18-11-9-16-12-18/h9,11-12,15H,2-8,10H2,1H3,(H,17,19). The summed E-state index contributed by atoms with van der Waals surface area (Å²) in [6.45, 7) is 5.68. The molecule has 0 spiro atoms. The van der Waals surface area contributed by atoms with E-state index in [1.54, 1.807) is 6.20 Å². The average molecular weight is 264 g/mol. The van der Waals surface area contributed by atoms with Crippen LogP contribution in [-0.2, 0) is 11.3 Å². The van der Waals surface area contributed by atoms with Gasteiger partial charge in [0, 0.05) is 25.5 Å². The number of piperidine rings is 1. The number of carbonyl (C=O) groups is 1. The molecule has 0 unspecified atom stereocenters. The summed E-state index contributed by atoms with van der Waals surface area (Å²) < 4.78 is 2.03. The van der Waals surface area contributed by atoms with Gasteiger partial charge in [0.25, 0.3) is 0 Å². The Kier molecular flexibility index (Phi) is 4.96. The first-order valence-corrected chi connectivity index (χ1v) is 7.21. The molecule has 106 valence electrons. The minimum absolute atomic E-state index is 0.139. The SMILES string of the molecule is CCC1(C(=O)NCCCn2ccnc2)CCNCC1. The summed E-state index contributed by atoms with van der Waals surface area (Å²) >= 11 is 0. The molecule has 1 amide bonds. The number of nitrogens with one attached hydrogen (secondary N) is 2. The third-order valence-electron chi connectivity index (χ3n) is 4.16. The van der Waals surface area contributed by atoms with E-state index in [0.29, 0.717) is 0 Å². The van der Waals surface area contributed by atoms with Crippen LogP contribution in [0.25, 0.3) is 0 Å². The van der Waals surface area contributed by atoms with Crippen LogP contribution in [0.5, 0.6) is 0 Å². The summed E-state index contributed by atoms with van der Waals surface area (Å²) in [5.74, 6) is 0.238. The van der Waals surface area contributed by atoms with Gasteiger partial charge in [-0.1, -0.05) is 6.92 Å². The van der Waals surface area contributed by atoms with Crippen molar-refractivity contribution < 1.29 is 4.79 Å². The van der Waals surface area contributed by atoms with Gasteiger partial charge in [0.05, 0.1) is 11.7 Å². The number of hydrogen-bond acceptors (Lipinski definition) is 3. The molecule has 19 heavy (non-hydrogen) atoms. The predicted octanol–water partition coefficient (Wildman–Crippen LogP) is 1.17. The smallest absolute Gasteiger partial charge is 0.226 e. The first kappa shape index (κ1) is 14.1. The Morgan fingerprint density at radius 3 is 2.89 bits per heavy atom. The quantitative estimate of drug-likeness (QED) is 0.758. The van der Waals surface area contributed by atoms with Crippen molar-refractivity contribution in [2.45, 2.75) is 39.2 Å². The zero-order valence-electron chi connectivity index (χ0n) is 11.7. The van der Waals surface area contributed by atoms with Gasteiger partial charge in [0.15, 0.2) is 0 Å². The van der Waals surface area contributed by atoms with E-state index in [1.165, 1.54) is 0 Å². The van der Waals surface area contributed by atoms with Gasteiger partial charge in [0.2, 0.25) is 5.91 Å². The van der Waals surface area contributed by atoms with Gasteiger partial charge in [-0.25, -0.2) is 4.98 Å². The number of aryl methyl sites for hydroxylation is 1. The lowest BCUT2D eigenvalue weighted by atomic mass is 9.76. The van der Waals surface area contributed by atoms with Gasteiger partial charge in [-0.15, -0.1) is 0 Å². The van der Waals surface area contributed by atoms with Crippen LogP contribution in [0.4, 0.5) is 0 Å². The summed E-state index contributed by atoms with van der Waals surface area (Å²) in [6, 6.07) is 0. The topological polar surface area (TPSA) is 59.0 Å². The molecule has 1 aromatic rings. The molecule has 1 aromatic heterocycles. The van der Waals surface area contributed by atoms with Crippen molar-refractivity contribution in [2.24, 2.45) is 5.41 Å². The minimum atomic E-state index is -0.139. The Hall–Kier alpha value is -1.36. The molecule has 2 heterocycles. The fourth-order valence-corrected chi connectivity index (χ4v) is 2.72. The molecule has 1 saturated heterocycles. The molecule has 0 aromatic carbocycles. The molecule has 1 fully saturated rings. The summed E-state index contributed by atoms with van der Waals surface area (Å²) in [5, 5.41) is 6.43. The van der Waals surface area contributed by atoms with E-state index in [9.17, 15) is 4.79 Å².